The van der Waals surface area contributed by atoms with Gasteiger partial charge >= 0.3 is 12.1 Å². The summed E-state index contributed by atoms with van der Waals surface area (Å²) in [6, 6.07) is 13.8. The normalized spacial score (nSPS) is 10.3. The number of terminal acetylenes is 1. The average molecular weight is 496 g/mol. The molecule has 0 fully saturated rings. The number of carbonyl (C=O) groups excluding carboxylic acids is 2. The quantitative estimate of drug-likeness (QED) is 0.403. The van der Waals surface area contributed by atoms with Crippen molar-refractivity contribution in [2.24, 2.45) is 0 Å². The first-order valence-corrected chi connectivity index (χ1v) is 11.0. The third-order valence-electron chi connectivity index (χ3n) is 5.02. The highest BCUT2D eigenvalue weighted by atomic mass is 35.5. The zero-order chi connectivity index (χ0) is 24.5. The van der Waals surface area contributed by atoms with E-state index in [1.807, 2.05) is 45.3 Å². The van der Waals surface area contributed by atoms with Gasteiger partial charge in [-0.1, -0.05) is 36.3 Å². The standard InChI is InChI=1S/C26H29N5O3.ClH/c1-5-12-34-26(33)29-15-20-10-11-21(19-9-7-8-18(13-19)17-31(3)4)22-14-24(28-16-23(20)22)30-25(32)27-6-2;/h1,7-11,13-14,16H,6,12,15,17H2,2-4H3,(H,29,33)(H2,27,28,30,32);1H. The number of hydrogen-bond donors (Lipinski definition) is 3. The van der Waals surface area contributed by atoms with Crippen molar-refractivity contribution in [1.82, 2.24) is 20.5 Å². The van der Waals surface area contributed by atoms with Crippen LogP contribution in [0.3, 0.4) is 0 Å². The van der Waals surface area contributed by atoms with Gasteiger partial charge in [-0.25, -0.2) is 14.6 Å². The lowest BCUT2D eigenvalue weighted by atomic mass is 9.95. The molecule has 0 unspecified atom stereocenters. The van der Waals surface area contributed by atoms with Crippen LogP contribution in [-0.4, -0.2) is 49.3 Å². The van der Waals surface area contributed by atoms with E-state index in [1.54, 1.807) is 6.20 Å². The smallest absolute Gasteiger partial charge is 0.408 e. The van der Waals surface area contributed by atoms with E-state index >= 15 is 0 Å². The number of carbonyl (C=O) groups is 2. The van der Waals surface area contributed by atoms with Crippen LogP contribution in [0.25, 0.3) is 21.9 Å². The highest BCUT2D eigenvalue weighted by molar-refractivity contribution is 6.01. The van der Waals surface area contributed by atoms with E-state index in [4.69, 9.17) is 11.2 Å². The summed E-state index contributed by atoms with van der Waals surface area (Å²) >= 11 is 0. The Morgan fingerprint density at radius 3 is 2.63 bits per heavy atom. The number of pyridine rings is 1. The number of rotatable bonds is 8. The molecule has 0 aliphatic carbocycles. The van der Waals surface area contributed by atoms with E-state index in [2.05, 4.69) is 50.0 Å². The minimum atomic E-state index is -0.589. The summed E-state index contributed by atoms with van der Waals surface area (Å²) in [6.07, 6.45) is 6.25. The van der Waals surface area contributed by atoms with Crippen molar-refractivity contribution in [3.63, 3.8) is 0 Å². The molecule has 0 atom stereocenters. The molecular weight excluding hydrogens is 466 g/mol. The Bertz CT molecular complexity index is 1220. The van der Waals surface area contributed by atoms with Crippen molar-refractivity contribution >= 4 is 41.1 Å². The number of fused-ring (bicyclic) bond motifs is 1. The molecule has 0 spiro atoms. The number of anilines is 1. The molecule has 35 heavy (non-hydrogen) atoms. The molecule has 8 nitrogen and oxygen atoms in total. The molecule has 1 heterocycles. The highest BCUT2D eigenvalue weighted by Gasteiger charge is 2.13. The summed E-state index contributed by atoms with van der Waals surface area (Å²) in [6.45, 7) is 3.32. The van der Waals surface area contributed by atoms with Crippen LogP contribution in [0, 0.1) is 12.3 Å². The fraction of sp³-hybridized carbons (Fsp3) is 0.269. The number of urea groups is 1. The van der Waals surface area contributed by atoms with E-state index < -0.39 is 6.09 Å². The Labute approximate surface area is 211 Å². The van der Waals surface area contributed by atoms with Gasteiger partial charge in [0.1, 0.15) is 5.82 Å². The van der Waals surface area contributed by atoms with E-state index in [0.29, 0.717) is 12.4 Å². The molecule has 184 valence electrons. The molecule has 2 aromatic carbocycles. The number of aromatic nitrogens is 1. The van der Waals surface area contributed by atoms with Crippen LogP contribution in [0.1, 0.15) is 18.1 Å². The second-order valence-corrected chi connectivity index (χ2v) is 7.94. The number of ether oxygens (including phenoxy) is 1. The van der Waals surface area contributed by atoms with Crippen molar-refractivity contribution in [2.75, 3.05) is 32.6 Å². The average Bonchev–Trinajstić information content (AvgIpc) is 2.81. The Kier molecular flexibility index (Phi) is 10.3. The fourth-order valence-corrected chi connectivity index (χ4v) is 3.62. The van der Waals surface area contributed by atoms with Gasteiger partial charge in [0.2, 0.25) is 0 Å². The van der Waals surface area contributed by atoms with Gasteiger partial charge in [0.15, 0.2) is 6.61 Å². The lowest BCUT2D eigenvalue weighted by Gasteiger charge is -2.15. The molecule has 3 N–H and O–H groups in total. The summed E-state index contributed by atoms with van der Waals surface area (Å²) in [4.78, 5) is 30.4. The topological polar surface area (TPSA) is 95.6 Å². The van der Waals surface area contributed by atoms with Gasteiger partial charge in [-0.2, -0.15) is 0 Å². The van der Waals surface area contributed by atoms with Crippen LogP contribution in [0.2, 0.25) is 0 Å². The van der Waals surface area contributed by atoms with Gasteiger partial charge in [-0.15, -0.1) is 18.8 Å². The lowest BCUT2D eigenvalue weighted by Crippen LogP contribution is -2.28. The largest absolute Gasteiger partial charge is 0.436 e. The Hall–Kier alpha value is -3.80. The predicted octanol–water partition coefficient (Wildman–Crippen LogP) is 4.39. The molecule has 0 radical (unpaired) electrons. The molecule has 9 heteroatoms. The molecule has 3 rings (SSSR count). The number of hydrogen-bond acceptors (Lipinski definition) is 5. The number of nitrogens with one attached hydrogen (secondary N) is 3. The fourth-order valence-electron chi connectivity index (χ4n) is 3.62. The zero-order valence-electron chi connectivity index (χ0n) is 20.1. The first kappa shape index (κ1) is 27.4. The predicted molar refractivity (Wildman–Crippen MR) is 142 cm³/mol. The van der Waals surface area contributed by atoms with Gasteiger partial charge in [0.05, 0.1) is 0 Å². The van der Waals surface area contributed by atoms with Gasteiger partial charge in [0.25, 0.3) is 0 Å². The maximum Gasteiger partial charge on any atom is 0.408 e. The van der Waals surface area contributed by atoms with Crippen LogP contribution in [0.5, 0.6) is 0 Å². The SMILES string of the molecule is C#CCOC(=O)NCc1ccc(-c2cccc(CN(C)C)c2)c2cc(NC(=O)NCC)ncc12.Cl. The summed E-state index contributed by atoms with van der Waals surface area (Å²) in [5, 5.41) is 9.94. The van der Waals surface area contributed by atoms with Crippen molar-refractivity contribution in [3.05, 3.63) is 59.8 Å². The van der Waals surface area contributed by atoms with E-state index in [-0.39, 0.29) is 31.6 Å². The van der Waals surface area contributed by atoms with Gasteiger partial charge in [-0.05, 0) is 60.8 Å². The molecule has 1 aromatic heterocycles. The number of halogens is 1. The van der Waals surface area contributed by atoms with Crippen LogP contribution in [0.15, 0.2) is 48.7 Å². The Morgan fingerprint density at radius 2 is 1.91 bits per heavy atom. The Morgan fingerprint density at radius 1 is 1.11 bits per heavy atom. The first-order chi connectivity index (χ1) is 16.4. The van der Waals surface area contributed by atoms with E-state index in [9.17, 15) is 9.59 Å². The minimum Gasteiger partial charge on any atom is -0.436 e. The third-order valence-corrected chi connectivity index (χ3v) is 5.02. The maximum absolute atomic E-state index is 12.0. The molecule has 0 aliphatic heterocycles. The molecule has 0 saturated heterocycles. The van der Waals surface area contributed by atoms with Crippen LogP contribution >= 0.6 is 12.4 Å². The summed E-state index contributed by atoms with van der Waals surface area (Å²) in [7, 11) is 4.06. The monoisotopic (exact) mass is 495 g/mol. The molecule has 3 amide bonds. The second-order valence-electron chi connectivity index (χ2n) is 7.94. The zero-order valence-corrected chi connectivity index (χ0v) is 20.9. The molecule has 3 aromatic rings. The number of amides is 3. The van der Waals surface area contributed by atoms with Gasteiger partial charge in [-0.3, -0.25) is 5.32 Å². The summed E-state index contributed by atoms with van der Waals surface area (Å²) in [5.41, 5.74) is 4.09. The molecule has 0 saturated carbocycles. The first-order valence-electron chi connectivity index (χ1n) is 11.0. The van der Waals surface area contributed by atoms with Crippen molar-refractivity contribution in [2.45, 2.75) is 20.0 Å². The Balaban J connectivity index is 0.00000432. The van der Waals surface area contributed by atoms with Crippen molar-refractivity contribution < 1.29 is 14.3 Å². The van der Waals surface area contributed by atoms with Crippen LogP contribution < -0.4 is 16.0 Å². The van der Waals surface area contributed by atoms with Crippen molar-refractivity contribution in [3.8, 4) is 23.5 Å². The van der Waals surface area contributed by atoms with Gasteiger partial charge in [0, 0.05) is 31.2 Å². The van der Waals surface area contributed by atoms with Crippen LogP contribution in [0.4, 0.5) is 15.4 Å². The molecule has 0 aliphatic rings. The molecular formula is C26H30ClN5O3. The van der Waals surface area contributed by atoms with Crippen LogP contribution in [-0.2, 0) is 17.8 Å². The van der Waals surface area contributed by atoms with E-state index in [0.717, 1.165) is 34.0 Å². The summed E-state index contributed by atoms with van der Waals surface area (Å²) in [5.74, 6) is 2.70. The van der Waals surface area contributed by atoms with Gasteiger partial charge < -0.3 is 20.3 Å². The van der Waals surface area contributed by atoms with E-state index in [1.165, 1.54) is 5.56 Å². The second kappa shape index (κ2) is 13.2. The summed E-state index contributed by atoms with van der Waals surface area (Å²) < 4.78 is 4.89. The maximum atomic E-state index is 12.0. The number of nitrogens with zero attached hydrogens (tertiary/aromatic N) is 2. The third kappa shape index (κ3) is 7.60. The molecule has 0 bridgehead atoms. The lowest BCUT2D eigenvalue weighted by molar-refractivity contribution is 0.159. The highest BCUT2D eigenvalue weighted by Crippen LogP contribution is 2.32. The number of benzene rings is 2. The van der Waals surface area contributed by atoms with Crippen molar-refractivity contribution in [1.29, 1.82) is 0 Å². The minimum absolute atomic E-state index is 0. The number of alkyl carbamates (subject to hydrolysis) is 1.